The molecule has 1 aliphatic rings. The number of carbonyl (C=O) groups excluding carboxylic acids is 1. The van der Waals surface area contributed by atoms with Crippen LogP contribution in [0.15, 0.2) is 64.1 Å². The average Bonchev–Trinajstić information content (AvgIpc) is 3.32. The molecule has 0 unspecified atom stereocenters. The first-order valence-electron chi connectivity index (χ1n) is 8.71. The largest absolute Gasteiger partial charge is 0.478 e. The van der Waals surface area contributed by atoms with Crippen molar-refractivity contribution < 1.29 is 14.7 Å². The van der Waals surface area contributed by atoms with E-state index in [1.165, 1.54) is 28.5 Å². The lowest BCUT2D eigenvalue weighted by molar-refractivity contribution is -0.112. The van der Waals surface area contributed by atoms with Crippen LogP contribution in [0, 0.1) is 0 Å². The van der Waals surface area contributed by atoms with Crippen LogP contribution in [0.5, 0.6) is 0 Å². The quantitative estimate of drug-likeness (QED) is 0.574. The van der Waals surface area contributed by atoms with Crippen molar-refractivity contribution >= 4 is 57.1 Å². The highest BCUT2D eigenvalue weighted by molar-refractivity contribution is 7.14. The number of carbonyl (C=O) groups is 2. The number of thiazole rings is 1. The first kappa shape index (κ1) is 19.7. The van der Waals surface area contributed by atoms with Crippen molar-refractivity contribution in [3.05, 3.63) is 64.5 Å². The standard InChI is InChI=1S/C20H14ClN5O3S/c1-11-17(24-23-15-8-4-13(5-9-15)19(28)29)18(27)26(25-11)20-22-16(10-30-20)12-2-6-14(21)7-3-12/h2-10,23H,1H3,(H,28,29)/b24-17-. The molecule has 10 heteroatoms. The van der Waals surface area contributed by atoms with Crippen LogP contribution in [0.3, 0.4) is 0 Å². The molecule has 2 aromatic carbocycles. The van der Waals surface area contributed by atoms with Crippen LogP contribution in [-0.2, 0) is 4.79 Å². The molecule has 0 bridgehead atoms. The van der Waals surface area contributed by atoms with Gasteiger partial charge in [-0.2, -0.15) is 15.2 Å². The lowest BCUT2D eigenvalue weighted by atomic mass is 10.2. The van der Waals surface area contributed by atoms with Crippen LogP contribution in [0.25, 0.3) is 11.3 Å². The zero-order chi connectivity index (χ0) is 21.3. The van der Waals surface area contributed by atoms with Crippen molar-refractivity contribution in [2.75, 3.05) is 10.4 Å². The van der Waals surface area contributed by atoms with Gasteiger partial charge in [-0.3, -0.25) is 10.2 Å². The third-order valence-electron chi connectivity index (χ3n) is 4.23. The fraction of sp³-hybridized carbons (Fsp3) is 0.0500. The zero-order valence-corrected chi connectivity index (χ0v) is 17.1. The number of aromatic carboxylic acids is 1. The van der Waals surface area contributed by atoms with Crippen LogP contribution in [0.1, 0.15) is 17.3 Å². The molecule has 3 aromatic rings. The number of aromatic nitrogens is 1. The second kappa shape index (κ2) is 8.05. The molecule has 150 valence electrons. The Balaban J connectivity index is 1.51. The molecule has 1 aliphatic heterocycles. The van der Waals surface area contributed by atoms with E-state index in [1.807, 2.05) is 17.5 Å². The molecule has 0 saturated heterocycles. The predicted octanol–water partition coefficient (Wildman–Crippen LogP) is 4.35. The molecule has 1 aromatic heterocycles. The molecule has 0 atom stereocenters. The smallest absolute Gasteiger partial charge is 0.335 e. The van der Waals surface area contributed by atoms with Gasteiger partial charge < -0.3 is 5.11 Å². The molecule has 0 spiro atoms. The van der Waals surface area contributed by atoms with Crippen LogP contribution in [-0.4, -0.2) is 33.4 Å². The Morgan fingerprint density at radius 3 is 2.53 bits per heavy atom. The topological polar surface area (TPSA) is 107 Å². The highest BCUT2D eigenvalue weighted by Crippen LogP contribution is 2.30. The first-order valence-corrected chi connectivity index (χ1v) is 9.96. The number of hydrogen-bond donors (Lipinski definition) is 2. The van der Waals surface area contributed by atoms with Gasteiger partial charge in [0, 0.05) is 16.0 Å². The molecular weight excluding hydrogens is 426 g/mol. The minimum atomic E-state index is -1.01. The fourth-order valence-corrected chi connectivity index (χ4v) is 3.59. The van der Waals surface area contributed by atoms with Gasteiger partial charge in [-0.15, -0.1) is 11.3 Å². The van der Waals surface area contributed by atoms with E-state index in [0.29, 0.717) is 27.2 Å². The number of nitrogens with zero attached hydrogens (tertiary/aromatic N) is 4. The summed E-state index contributed by atoms with van der Waals surface area (Å²) in [6, 6.07) is 13.3. The first-order chi connectivity index (χ1) is 14.4. The van der Waals surface area contributed by atoms with Gasteiger partial charge in [0.2, 0.25) is 5.13 Å². The summed E-state index contributed by atoms with van der Waals surface area (Å²) in [5, 5.41) is 21.5. The van der Waals surface area contributed by atoms with Gasteiger partial charge in [-0.1, -0.05) is 23.7 Å². The van der Waals surface area contributed by atoms with Crippen molar-refractivity contribution in [1.29, 1.82) is 0 Å². The molecule has 30 heavy (non-hydrogen) atoms. The summed E-state index contributed by atoms with van der Waals surface area (Å²) in [6.07, 6.45) is 0. The molecule has 0 fully saturated rings. The van der Waals surface area contributed by atoms with Crippen LogP contribution >= 0.6 is 22.9 Å². The summed E-state index contributed by atoms with van der Waals surface area (Å²) >= 11 is 7.22. The second-order valence-electron chi connectivity index (χ2n) is 6.28. The van der Waals surface area contributed by atoms with E-state index in [2.05, 4.69) is 20.6 Å². The van der Waals surface area contributed by atoms with Gasteiger partial charge in [-0.05, 0) is 43.3 Å². The Labute approximate surface area is 180 Å². The number of rotatable bonds is 5. The second-order valence-corrected chi connectivity index (χ2v) is 7.55. The number of benzene rings is 2. The van der Waals surface area contributed by atoms with E-state index in [4.69, 9.17) is 16.7 Å². The molecule has 2 N–H and O–H groups in total. The molecule has 0 aliphatic carbocycles. The highest BCUT2D eigenvalue weighted by Gasteiger charge is 2.32. The Morgan fingerprint density at radius 2 is 1.87 bits per heavy atom. The summed E-state index contributed by atoms with van der Waals surface area (Å²) in [5.74, 6) is -1.42. The maximum absolute atomic E-state index is 12.8. The van der Waals surface area contributed by atoms with E-state index < -0.39 is 11.9 Å². The third kappa shape index (κ3) is 3.93. The summed E-state index contributed by atoms with van der Waals surface area (Å²) in [4.78, 5) is 28.2. The van der Waals surface area contributed by atoms with Crippen molar-refractivity contribution in [1.82, 2.24) is 4.98 Å². The van der Waals surface area contributed by atoms with Crippen molar-refractivity contribution in [2.45, 2.75) is 6.92 Å². The maximum Gasteiger partial charge on any atom is 0.335 e. The maximum atomic E-state index is 12.8. The van der Waals surface area contributed by atoms with Crippen molar-refractivity contribution in [3.8, 4) is 11.3 Å². The van der Waals surface area contributed by atoms with E-state index in [1.54, 1.807) is 31.2 Å². The monoisotopic (exact) mass is 439 g/mol. The van der Waals surface area contributed by atoms with Gasteiger partial charge >= 0.3 is 11.9 Å². The average molecular weight is 440 g/mol. The molecule has 4 rings (SSSR count). The molecule has 0 saturated carbocycles. The molecule has 8 nitrogen and oxygen atoms in total. The Bertz CT molecular complexity index is 1190. The predicted molar refractivity (Wildman–Crippen MR) is 118 cm³/mol. The normalized spacial score (nSPS) is 14.9. The number of hydrogen-bond acceptors (Lipinski definition) is 7. The van der Waals surface area contributed by atoms with Gasteiger partial charge in [0.1, 0.15) is 0 Å². The minimum absolute atomic E-state index is 0.153. The Kier molecular flexibility index (Phi) is 5.30. The Morgan fingerprint density at radius 1 is 1.17 bits per heavy atom. The molecule has 0 radical (unpaired) electrons. The molecular formula is C20H14ClN5O3S. The number of hydrazone groups is 2. The van der Waals surface area contributed by atoms with Crippen LogP contribution in [0.2, 0.25) is 5.02 Å². The zero-order valence-electron chi connectivity index (χ0n) is 15.5. The minimum Gasteiger partial charge on any atom is -0.478 e. The third-order valence-corrected chi connectivity index (χ3v) is 5.30. The summed E-state index contributed by atoms with van der Waals surface area (Å²) in [7, 11) is 0. The number of carboxylic acid groups (broad SMARTS) is 1. The van der Waals surface area contributed by atoms with Crippen molar-refractivity contribution in [2.24, 2.45) is 10.2 Å². The van der Waals surface area contributed by atoms with Gasteiger partial charge in [-0.25, -0.2) is 9.78 Å². The number of halogens is 1. The van der Waals surface area contributed by atoms with Crippen LogP contribution < -0.4 is 10.4 Å². The number of amides is 1. The SMILES string of the molecule is CC1=NN(c2nc(-c3ccc(Cl)cc3)cs2)C(=O)/C1=N\Nc1ccc(C(=O)O)cc1. The number of nitrogens with one attached hydrogen (secondary N) is 1. The van der Waals surface area contributed by atoms with E-state index >= 15 is 0 Å². The lowest BCUT2D eigenvalue weighted by Crippen LogP contribution is -2.27. The summed E-state index contributed by atoms with van der Waals surface area (Å²) in [5.41, 5.74) is 5.66. The fourth-order valence-electron chi connectivity index (χ4n) is 2.68. The Hall–Kier alpha value is -3.56. The van der Waals surface area contributed by atoms with Crippen molar-refractivity contribution in [3.63, 3.8) is 0 Å². The summed E-state index contributed by atoms with van der Waals surface area (Å²) < 4.78 is 0. The van der Waals surface area contributed by atoms with Gasteiger partial charge in [0.25, 0.3) is 0 Å². The molecule has 2 heterocycles. The molecule has 1 amide bonds. The summed E-state index contributed by atoms with van der Waals surface area (Å²) in [6.45, 7) is 1.68. The highest BCUT2D eigenvalue weighted by atomic mass is 35.5. The van der Waals surface area contributed by atoms with Gasteiger partial charge in [0.05, 0.1) is 22.7 Å². The van der Waals surface area contributed by atoms with E-state index in [-0.39, 0.29) is 11.3 Å². The number of anilines is 2. The number of carboxylic acids is 1. The van der Waals surface area contributed by atoms with Gasteiger partial charge in [0.15, 0.2) is 5.71 Å². The van der Waals surface area contributed by atoms with E-state index in [0.717, 1.165) is 5.56 Å². The van der Waals surface area contributed by atoms with Crippen LogP contribution in [0.4, 0.5) is 10.8 Å². The van der Waals surface area contributed by atoms with E-state index in [9.17, 15) is 9.59 Å². The lowest BCUT2D eigenvalue weighted by Gasteiger charge is -2.06.